The van der Waals surface area contributed by atoms with Crippen molar-refractivity contribution in [3.63, 3.8) is 0 Å². The number of aromatic nitrogens is 2. The van der Waals surface area contributed by atoms with Crippen LogP contribution in [0.25, 0.3) is 0 Å². The number of nitrogens with one attached hydrogen (secondary N) is 1. The standard InChI is InChI=1S/C18H23N3/c1-4-14-12(3)20-18(21-17(14)19-5-2)16-11-10-13-8-6-7-9-15(13)16/h6-9,16H,4-5,10-11H2,1-3H3,(H,19,20,21). The van der Waals surface area contributed by atoms with Crippen LogP contribution in [0.2, 0.25) is 0 Å². The van der Waals surface area contributed by atoms with E-state index in [0.717, 1.165) is 43.1 Å². The minimum absolute atomic E-state index is 0.350. The van der Waals surface area contributed by atoms with Gasteiger partial charge in [-0.3, -0.25) is 0 Å². The molecule has 0 aliphatic heterocycles. The summed E-state index contributed by atoms with van der Waals surface area (Å²) in [7, 11) is 0. The maximum atomic E-state index is 4.85. The Morgan fingerprint density at radius 1 is 1.19 bits per heavy atom. The average Bonchev–Trinajstić information content (AvgIpc) is 2.91. The van der Waals surface area contributed by atoms with E-state index in [0.29, 0.717) is 5.92 Å². The van der Waals surface area contributed by atoms with Gasteiger partial charge < -0.3 is 5.32 Å². The molecule has 3 nitrogen and oxygen atoms in total. The molecule has 0 spiro atoms. The van der Waals surface area contributed by atoms with E-state index in [-0.39, 0.29) is 0 Å². The molecule has 0 fully saturated rings. The summed E-state index contributed by atoms with van der Waals surface area (Å²) in [6.45, 7) is 7.27. The normalized spacial score (nSPS) is 16.8. The third-order valence-electron chi connectivity index (χ3n) is 4.37. The van der Waals surface area contributed by atoms with Crippen molar-refractivity contribution >= 4 is 5.82 Å². The number of hydrogen-bond donors (Lipinski definition) is 1. The predicted octanol–water partition coefficient (Wildman–Crippen LogP) is 3.86. The second kappa shape index (κ2) is 5.84. The van der Waals surface area contributed by atoms with E-state index in [1.54, 1.807) is 0 Å². The molecule has 1 aromatic heterocycles. The first-order valence-corrected chi connectivity index (χ1v) is 7.93. The third-order valence-corrected chi connectivity index (χ3v) is 4.37. The zero-order valence-electron chi connectivity index (χ0n) is 13.1. The monoisotopic (exact) mass is 281 g/mol. The molecule has 1 N–H and O–H groups in total. The number of hydrogen-bond acceptors (Lipinski definition) is 3. The van der Waals surface area contributed by atoms with Gasteiger partial charge >= 0.3 is 0 Å². The molecule has 1 aliphatic carbocycles. The van der Waals surface area contributed by atoms with Crippen molar-refractivity contribution in [3.05, 3.63) is 52.5 Å². The lowest BCUT2D eigenvalue weighted by atomic mass is 10.00. The second-order valence-electron chi connectivity index (χ2n) is 5.67. The summed E-state index contributed by atoms with van der Waals surface area (Å²) in [6, 6.07) is 8.70. The molecule has 1 aliphatic rings. The minimum atomic E-state index is 0.350. The SMILES string of the molecule is CCNc1nc(C2CCc3ccccc32)nc(C)c1CC. The molecule has 3 heteroatoms. The van der Waals surface area contributed by atoms with Crippen molar-refractivity contribution in [2.24, 2.45) is 0 Å². The highest BCUT2D eigenvalue weighted by Gasteiger charge is 2.26. The van der Waals surface area contributed by atoms with Crippen LogP contribution < -0.4 is 5.32 Å². The Morgan fingerprint density at radius 3 is 2.76 bits per heavy atom. The van der Waals surface area contributed by atoms with Gasteiger partial charge in [0.25, 0.3) is 0 Å². The van der Waals surface area contributed by atoms with Gasteiger partial charge in [0, 0.05) is 23.7 Å². The summed E-state index contributed by atoms with van der Waals surface area (Å²) in [5, 5.41) is 3.40. The lowest BCUT2D eigenvalue weighted by molar-refractivity contribution is 0.720. The highest BCUT2D eigenvalue weighted by atomic mass is 15.0. The summed E-state index contributed by atoms with van der Waals surface area (Å²) in [4.78, 5) is 9.67. The summed E-state index contributed by atoms with van der Waals surface area (Å²) in [5.74, 6) is 2.35. The molecule has 1 aromatic carbocycles. The summed E-state index contributed by atoms with van der Waals surface area (Å²) in [5.41, 5.74) is 5.21. The smallest absolute Gasteiger partial charge is 0.138 e. The maximum absolute atomic E-state index is 4.85. The van der Waals surface area contributed by atoms with Crippen molar-refractivity contribution < 1.29 is 0 Å². The molecule has 2 aromatic rings. The van der Waals surface area contributed by atoms with Crippen LogP contribution in [0.4, 0.5) is 5.82 Å². The molecule has 1 heterocycles. The van der Waals surface area contributed by atoms with Crippen LogP contribution >= 0.6 is 0 Å². The van der Waals surface area contributed by atoms with Gasteiger partial charge in [-0.15, -0.1) is 0 Å². The largest absolute Gasteiger partial charge is 0.370 e. The summed E-state index contributed by atoms with van der Waals surface area (Å²) >= 11 is 0. The van der Waals surface area contributed by atoms with Gasteiger partial charge in [0.05, 0.1) is 0 Å². The number of fused-ring (bicyclic) bond motifs is 1. The van der Waals surface area contributed by atoms with Crippen LogP contribution in [-0.2, 0) is 12.8 Å². The van der Waals surface area contributed by atoms with E-state index in [1.165, 1.54) is 16.7 Å². The Balaban J connectivity index is 2.04. The number of anilines is 1. The van der Waals surface area contributed by atoms with Crippen LogP contribution in [0.1, 0.15) is 54.4 Å². The van der Waals surface area contributed by atoms with Gasteiger partial charge in [-0.25, -0.2) is 9.97 Å². The van der Waals surface area contributed by atoms with Gasteiger partial charge in [0.1, 0.15) is 11.6 Å². The van der Waals surface area contributed by atoms with Gasteiger partial charge in [0.15, 0.2) is 0 Å². The third kappa shape index (κ3) is 2.53. The van der Waals surface area contributed by atoms with Gasteiger partial charge in [0.2, 0.25) is 0 Å². The molecule has 0 saturated carbocycles. The lowest BCUT2D eigenvalue weighted by Gasteiger charge is -2.16. The zero-order chi connectivity index (χ0) is 14.8. The van der Waals surface area contributed by atoms with E-state index in [1.807, 2.05) is 0 Å². The van der Waals surface area contributed by atoms with Crippen LogP contribution in [0, 0.1) is 6.92 Å². The van der Waals surface area contributed by atoms with Crippen LogP contribution in [0.15, 0.2) is 24.3 Å². The molecule has 0 bridgehead atoms. The fraction of sp³-hybridized carbons (Fsp3) is 0.444. The fourth-order valence-electron chi connectivity index (χ4n) is 3.34. The number of nitrogens with zero attached hydrogens (tertiary/aromatic N) is 2. The number of benzene rings is 1. The van der Waals surface area contributed by atoms with Crippen molar-refractivity contribution in [3.8, 4) is 0 Å². The first-order valence-electron chi connectivity index (χ1n) is 7.93. The van der Waals surface area contributed by atoms with E-state index >= 15 is 0 Å². The van der Waals surface area contributed by atoms with Crippen molar-refractivity contribution in [2.75, 3.05) is 11.9 Å². The van der Waals surface area contributed by atoms with Crippen molar-refractivity contribution in [2.45, 2.75) is 46.0 Å². The van der Waals surface area contributed by atoms with E-state index in [9.17, 15) is 0 Å². The minimum Gasteiger partial charge on any atom is -0.370 e. The summed E-state index contributed by atoms with van der Waals surface area (Å²) in [6.07, 6.45) is 3.22. The Labute approximate surface area is 126 Å². The van der Waals surface area contributed by atoms with Crippen molar-refractivity contribution in [1.29, 1.82) is 0 Å². The first-order chi connectivity index (χ1) is 10.2. The molecule has 0 saturated heterocycles. The Morgan fingerprint density at radius 2 is 2.00 bits per heavy atom. The topological polar surface area (TPSA) is 37.8 Å². The molecule has 0 radical (unpaired) electrons. The van der Waals surface area contributed by atoms with E-state index in [2.05, 4.69) is 50.4 Å². The molecule has 1 atom stereocenters. The molecule has 0 amide bonds. The first kappa shape index (κ1) is 14.1. The molecule has 21 heavy (non-hydrogen) atoms. The number of aryl methyl sites for hydroxylation is 2. The molecule has 110 valence electrons. The van der Waals surface area contributed by atoms with E-state index in [4.69, 9.17) is 9.97 Å². The predicted molar refractivity (Wildman–Crippen MR) is 86.9 cm³/mol. The maximum Gasteiger partial charge on any atom is 0.138 e. The lowest BCUT2D eigenvalue weighted by Crippen LogP contribution is -2.12. The van der Waals surface area contributed by atoms with Gasteiger partial charge in [-0.2, -0.15) is 0 Å². The van der Waals surface area contributed by atoms with Crippen LogP contribution in [0.5, 0.6) is 0 Å². The Bertz CT molecular complexity index is 649. The second-order valence-corrected chi connectivity index (χ2v) is 5.67. The van der Waals surface area contributed by atoms with Crippen LogP contribution in [0.3, 0.4) is 0 Å². The van der Waals surface area contributed by atoms with E-state index < -0.39 is 0 Å². The highest BCUT2D eigenvalue weighted by Crippen LogP contribution is 2.37. The number of rotatable bonds is 4. The Kier molecular flexibility index (Phi) is 3.91. The average molecular weight is 281 g/mol. The molecule has 1 unspecified atom stereocenters. The molecular formula is C18H23N3. The molecular weight excluding hydrogens is 258 g/mol. The Hall–Kier alpha value is -1.90. The van der Waals surface area contributed by atoms with Gasteiger partial charge in [-0.05, 0) is 44.2 Å². The quantitative estimate of drug-likeness (QED) is 0.924. The molecule has 3 rings (SSSR count). The fourth-order valence-corrected chi connectivity index (χ4v) is 3.34. The summed E-state index contributed by atoms with van der Waals surface area (Å²) < 4.78 is 0. The zero-order valence-corrected chi connectivity index (χ0v) is 13.1. The van der Waals surface area contributed by atoms with Gasteiger partial charge in [-0.1, -0.05) is 31.2 Å². The van der Waals surface area contributed by atoms with Crippen molar-refractivity contribution in [1.82, 2.24) is 9.97 Å². The highest BCUT2D eigenvalue weighted by molar-refractivity contribution is 5.48. The van der Waals surface area contributed by atoms with Crippen LogP contribution in [-0.4, -0.2) is 16.5 Å².